The molecular weight excluding hydrogens is 427 g/mol. The quantitative estimate of drug-likeness (QED) is 0.601. The van der Waals surface area contributed by atoms with Crippen LogP contribution in [0.4, 0.5) is 19.0 Å². The summed E-state index contributed by atoms with van der Waals surface area (Å²) in [6.45, 7) is 0.689. The molecule has 0 aliphatic carbocycles. The molecule has 1 aromatic heterocycles. The number of carbonyl (C=O) groups excluding carboxylic acids is 3. The zero-order valence-electron chi connectivity index (χ0n) is 16.9. The number of halogens is 1. The van der Waals surface area contributed by atoms with Crippen LogP contribution < -0.4 is 21.5 Å². The van der Waals surface area contributed by atoms with Gasteiger partial charge in [0.2, 0.25) is 0 Å². The van der Waals surface area contributed by atoms with Crippen LogP contribution in [0.5, 0.6) is 5.75 Å². The molecule has 1 saturated heterocycles. The zero-order chi connectivity index (χ0) is 22.5. The largest absolute Gasteiger partial charge is 0.496 e. The zero-order valence-corrected chi connectivity index (χ0v) is 17.7. The fourth-order valence-corrected chi connectivity index (χ4v) is 4.44. The van der Waals surface area contributed by atoms with Gasteiger partial charge < -0.3 is 25.8 Å². The summed E-state index contributed by atoms with van der Waals surface area (Å²) in [4.78, 5) is 37.8. The number of amides is 4. The molecule has 1 aliphatic rings. The average Bonchev–Trinajstić information content (AvgIpc) is 2.97. The van der Waals surface area contributed by atoms with Gasteiger partial charge in [0, 0.05) is 17.0 Å². The van der Waals surface area contributed by atoms with E-state index in [0.29, 0.717) is 29.2 Å². The third kappa shape index (κ3) is 5.43. The van der Waals surface area contributed by atoms with E-state index in [4.69, 9.17) is 20.9 Å². The van der Waals surface area contributed by atoms with E-state index in [1.165, 1.54) is 36.3 Å². The maximum Gasteiger partial charge on any atom is 0.341 e. The van der Waals surface area contributed by atoms with Gasteiger partial charge in [-0.3, -0.25) is 5.32 Å². The van der Waals surface area contributed by atoms with Gasteiger partial charge in [-0.1, -0.05) is 0 Å². The molecule has 9 nitrogen and oxygen atoms in total. The Morgan fingerprint density at radius 2 is 2.00 bits per heavy atom. The Balaban J connectivity index is 1.90. The second-order valence-corrected chi connectivity index (χ2v) is 8.05. The smallest absolute Gasteiger partial charge is 0.341 e. The fraction of sp³-hybridized carbons (Fsp3) is 0.350. The number of ether oxygens (including phenoxy) is 2. The Hall–Kier alpha value is -3.34. The minimum atomic E-state index is -0.858. The van der Waals surface area contributed by atoms with E-state index in [1.807, 2.05) is 0 Å². The number of nitrogens with one attached hydrogen (secondary N) is 1. The molecule has 11 heteroatoms. The molecular formula is C20H23FN4O5S. The predicted octanol–water partition coefficient (Wildman–Crippen LogP) is 3.14. The highest BCUT2D eigenvalue weighted by atomic mass is 32.1. The van der Waals surface area contributed by atoms with Gasteiger partial charge in [-0.05, 0) is 43.5 Å². The second kappa shape index (κ2) is 9.65. The van der Waals surface area contributed by atoms with Crippen LogP contribution in [0, 0.1) is 5.82 Å². The number of primary amides is 2. The molecule has 4 amide bonds. The third-order valence-electron chi connectivity index (χ3n) is 4.83. The number of urea groups is 2. The van der Waals surface area contributed by atoms with E-state index in [1.54, 1.807) is 0 Å². The van der Waals surface area contributed by atoms with Crippen LogP contribution >= 0.6 is 11.3 Å². The van der Waals surface area contributed by atoms with Crippen LogP contribution in [0.15, 0.2) is 24.3 Å². The van der Waals surface area contributed by atoms with Gasteiger partial charge in [-0.2, -0.15) is 0 Å². The van der Waals surface area contributed by atoms with E-state index in [-0.39, 0.29) is 17.1 Å². The van der Waals surface area contributed by atoms with Crippen LogP contribution in [0.25, 0.3) is 10.4 Å². The normalized spacial score (nSPS) is 16.3. The maximum absolute atomic E-state index is 13.8. The summed E-state index contributed by atoms with van der Waals surface area (Å²) in [6, 6.07) is 4.04. The highest BCUT2D eigenvalue weighted by molar-refractivity contribution is 7.20. The number of thiophene rings is 1. The van der Waals surface area contributed by atoms with Crippen LogP contribution in [0.3, 0.4) is 0 Å². The first kappa shape index (κ1) is 22.3. The molecule has 0 spiro atoms. The first-order valence-corrected chi connectivity index (χ1v) is 10.4. The average molecular weight is 450 g/mol. The van der Waals surface area contributed by atoms with Gasteiger partial charge in [0.1, 0.15) is 22.7 Å². The lowest BCUT2D eigenvalue weighted by Crippen LogP contribution is -2.41. The molecule has 1 aliphatic heterocycles. The first-order valence-electron chi connectivity index (χ1n) is 9.58. The molecule has 0 bridgehead atoms. The number of nitrogens with zero attached hydrogens (tertiary/aromatic N) is 1. The summed E-state index contributed by atoms with van der Waals surface area (Å²) in [5.41, 5.74) is 11.1. The van der Waals surface area contributed by atoms with Gasteiger partial charge >= 0.3 is 18.0 Å². The van der Waals surface area contributed by atoms with Crippen molar-refractivity contribution in [2.24, 2.45) is 11.5 Å². The summed E-state index contributed by atoms with van der Waals surface area (Å²) >= 11 is 1.04. The van der Waals surface area contributed by atoms with Crippen molar-refractivity contribution in [2.75, 3.05) is 25.5 Å². The van der Waals surface area contributed by atoms with E-state index >= 15 is 0 Å². The molecule has 1 atom stereocenters. The Morgan fingerprint density at radius 3 is 2.68 bits per heavy atom. The maximum atomic E-state index is 13.8. The Kier molecular flexibility index (Phi) is 6.95. The minimum absolute atomic E-state index is 0.0694. The lowest BCUT2D eigenvalue weighted by molar-refractivity contribution is 0.0242. The number of methoxy groups -OCH3 is 1. The molecule has 166 valence electrons. The standard InChI is InChI=1S/C20H23FN4O5S/c1-29-15-6-5-11(21)8-13(15)16-9-14(17(31-16)24-19(22)27)18(26)30-12-4-2-3-7-25(10-12)20(23)28/h5-6,8-9,12H,2-4,7,10H2,1H3,(H2,23,28)(H3,22,24,27). The van der Waals surface area contributed by atoms with Crippen LogP contribution in [0.2, 0.25) is 0 Å². The number of likely N-dealkylation sites (tertiary alicyclic amines) is 1. The highest BCUT2D eigenvalue weighted by Crippen LogP contribution is 2.40. The number of esters is 1. The van der Waals surface area contributed by atoms with E-state index in [9.17, 15) is 18.8 Å². The number of carbonyl (C=O) groups is 3. The second-order valence-electron chi connectivity index (χ2n) is 6.99. The van der Waals surface area contributed by atoms with E-state index < -0.39 is 30.0 Å². The van der Waals surface area contributed by atoms with Crippen molar-refractivity contribution < 1.29 is 28.2 Å². The van der Waals surface area contributed by atoms with Gasteiger partial charge in [0.15, 0.2) is 0 Å². The predicted molar refractivity (Wildman–Crippen MR) is 114 cm³/mol. The molecule has 5 N–H and O–H groups in total. The van der Waals surface area contributed by atoms with Gasteiger partial charge in [0.05, 0.1) is 19.2 Å². The topological polar surface area (TPSA) is 137 Å². The summed E-state index contributed by atoms with van der Waals surface area (Å²) in [5.74, 6) is -0.783. The van der Waals surface area contributed by atoms with Crippen molar-refractivity contribution in [1.29, 1.82) is 0 Å². The van der Waals surface area contributed by atoms with Crippen molar-refractivity contribution in [2.45, 2.75) is 25.4 Å². The molecule has 1 unspecified atom stereocenters. The molecule has 0 saturated carbocycles. The first-order chi connectivity index (χ1) is 14.8. The number of benzene rings is 1. The van der Waals surface area contributed by atoms with Crippen molar-refractivity contribution in [1.82, 2.24) is 4.90 Å². The summed E-state index contributed by atoms with van der Waals surface area (Å²) < 4.78 is 24.7. The fourth-order valence-electron chi connectivity index (χ4n) is 3.37. The third-order valence-corrected chi connectivity index (χ3v) is 5.91. The van der Waals surface area contributed by atoms with Crippen molar-refractivity contribution in [3.05, 3.63) is 35.6 Å². The van der Waals surface area contributed by atoms with Crippen LogP contribution in [-0.2, 0) is 4.74 Å². The van der Waals surface area contributed by atoms with Crippen molar-refractivity contribution in [3.8, 4) is 16.2 Å². The number of rotatable bonds is 5. The van der Waals surface area contributed by atoms with E-state index in [2.05, 4.69) is 5.32 Å². The molecule has 2 aromatic rings. The summed E-state index contributed by atoms with van der Waals surface area (Å²) in [6.07, 6.45) is 1.55. The lowest BCUT2D eigenvalue weighted by Gasteiger charge is -2.22. The lowest BCUT2D eigenvalue weighted by atomic mass is 10.1. The highest BCUT2D eigenvalue weighted by Gasteiger charge is 2.27. The summed E-state index contributed by atoms with van der Waals surface area (Å²) in [7, 11) is 1.44. The molecule has 3 rings (SSSR count). The van der Waals surface area contributed by atoms with Gasteiger partial charge in [-0.25, -0.2) is 18.8 Å². The van der Waals surface area contributed by atoms with Crippen LogP contribution in [-0.4, -0.2) is 49.2 Å². The molecule has 1 aromatic carbocycles. The molecule has 31 heavy (non-hydrogen) atoms. The molecule has 0 radical (unpaired) electrons. The number of hydrogen-bond acceptors (Lipinski definition) is 6. The van der Waals surface area contributed by atoms with Crippen LogP contribution in [0.1, 0.15) is 29.6 Å². The number of nitrogens with two attached hydrogens (primary N) is 2. The number of anilines is 1. The molecule has 2 heterocycles. The minimum Gasteiger partial charge on any atom is -0.496 e. The van der Waals surface area contributed by atoms with Gasteiger partial charge in [-0.15, -0.1) is 11.3 Å². The SMILES string of the molecule is COc1ccc(F)cc1-c1cc(C(=O)OC2CCCCN(C(N)=O)C2)c(NC(N)=O)s1. The van der Waals surface area contributed by atoms with E-state index in [0.717, 1.165) is 24.2 Å². The molecule has 1 fully saturated rings. The van der Waals surface area contributed by atoms with Crippen molar-refractivity contribution in [3.63, 3.8) is 0 Å². The monoisotopic (exact) mass is 450 g/mol. The van der Waals surface area contributed by atoms with Gasteiger partial charge in [0.25, 0.3) is 0 Å². The Morgan fingerprint density at radius 1 is 1.23 bits per heavy atom. The number of hydrogen-bond donors (Lipinski definition) is 3. The van der Waals surface area contributed by atoms with Crippen molar-refractivity contribution >= 4 is 34.4 Å². The Bertz CT molecular complexity index is 996. The Labute approximate surface area is 182 Å². The summed E-state index contributed by atoms with van der Waals surface area (Å²) in [5, 5.41) is 2.58.